The van der Waals surface area contributed by atoms with E-state index in [1.54, 1.807) is 0 Å². The molecule has 1 saturated carbocycles. The van der Waals surface area contributed by atoms with Crippen LogP contribution in [-0.2, 0) is 11.2 Å². The summed E-state index contributed by atoms with van der Waals surface area (Å²) in [5.74, 6) is 0.174. The highest BCUT2D eigenvalue weighted by Crippen LogP contribution is 2.48. The molecule has 114 valence electrons. The largest absolute Gasteiger partial charge is 0.387 e. The number of Topliss-reactive ketones (excluding diaryl/α,β-unsaturated/α-hetero) is 1. The molecule has 1 N–H and O–H groups in total. The van der Waals surface area contributed by atoms with Gasteiger partial charge in [-0.15, -0.1) is 0 Å². The van der Waals surface area contributed by atoms with Gasteiger partial charge in [-0.25, -0.2) is 0 Å². The number of ketones is 1. The number of hydrogen-bond donors (Lipinski definition) is 1. The molecule has 2 nitrogen and oxygen atoms in total. The Hall–Kier alpha value is -1.93. The number of aliphatic hydroxyl groups excluding tert-OH is 1. The molecule has 0 saturated heterocycles. The Morgan fingerprint density at radius 1 is 0.955 bits per heavy atom. The van der Waals surface area contributed by atoms with Crippen LogP contribution in [0.1, 0.15) is 42.9 Å². The van der Waals surface area contributed by atoms with Crippen LogP contribution in [0.5, 0.6) is 0 Å². The van der Waals surface area contributed by atoms with Crippen LogP contribution in [0, 0.1) is 5.41 Å². The highest BCUT2D eigenvalue weighted by Gasteiger charge is 2.46. The first-order valence-electron chi connectivity index (χ1n) is 8.03. The fraction of sp³-hybridized carbons (Fsp3) is 0.350. The molecule has 1 atom stereocenters. The van der Waals surface area contributed by atoms with Crippen molar-refractivity contribution in [3.05, 3.63) is 71.8 Å². The summed E-state index contributed by atoms with van der Waals surface area (Å²) in [5.41, 5.74) is 1.27. The van der Waals surface area contributed by atoms with E-state index in [4.69, 9.17) is 0 Å². The van der Waals surface area contributed by atoms with Crippen molar-refractivity contribution in [1.82, 2.24) is 0 Å². The summed E-state index contributed by atoms with van der Waals surface area (Å²) in [6.07, 6.45) is 3.32. The average molecular weight is 294 g/mol. The minimum atomic E-state index is -0.701. The van der Waals surface area contributed by atoms with Crippen molar-refractivity contribution in [1.29, 1.82) is 0 Å². The number of carbonyl (C=O) groups excluding carboxylic acids is 1. The molecule has 1 unspecified atom stereocenters. The molecule has 22 heavy (non-hydrogen) atoms. The molecule has 0 aliphatic heterocycles. The topological polar surface area (TPSA) is 37.3 Å². The summed E-state index contributed by atoms with van der Waals surface area (Å²) in [5, 5.41) is 10.9. The first-order chi connectivity index (χ1) is 10.7. The molecule has 0 spiro atoms. The Bertz CT molecular complexity index is 613. The van der Waals surface area contributed by atoms with Gasteiger partial charge in [0.1, 0.15) is 5.78 Å². The van der Waals surface area contributed by atoms with Crippen molar-refractivity contribution in [3.63, 3.8) is 0 Å². The van der Waals surface area contributed by atoms with E-state index >= 15 is 0 Å². The third-order valence-electron chi connectivity index (χ3n) is 4.90. The quantitative estimate of drug-likeness (QED) is 0.901. The minimum absolute atomic E-state index is 0.174. The van der Waals surface area contributed by atoms with E-state index in [0.29, 0.717) is 6.42 Å². The molecule has 0 radical (unpaired) electrons. The second-order valence-electron chi connectivity index (χ2n) is 6.26. The van der Waals surface area contributed by atoms with E-state index < -0.39 is 11.5 Å². The fourth-order valence-electron chi connectivity index (χ4n) is 3.62. The number of aliphatic hydroxyl groups is 1. The van der Waals surface area contributed by atoms with Crippen LogP contribution in [-0.4, -0.2) is 10.9 Å². The SMILES string of the molecule is O=C(Cc1ccccc1)C1(C(O)c2ccccc2)CCCC1. The standard InChI is InChI=1S/C20H22O2/c21-18(15-16-9-3-1-4-10-16)20(13-7-8-14-20)19(22)17-11-5-2-6-12-17/h1-6,9-12,19,22H,7-8,13-15H2. The molecule has 1 aliphatic carbocycles. The van der Waals surface area contributed by atoms with Gasteiger partial charge in [-0.2, -0.15) is 0 Å². The van der Waals surface area contributed by atoms with E-state index in [-0.39, 0.29) is 5.78 Å². The summed E-state index contributed by atoms with van der Waals surface area (Å²) >= 11 is 0. The van der Waals surface area contributed by atoms with Crippen molar-refractivity contribution in [2.24, 2.45) is 5.41 Å². The molecule has 2 aromatic carbocycles. The zero-order valence-electron chi connectivity index (χ0n) is 12.7. The van der Waals surface area contributed by atoms with Gasteiger partial charge in [0.2, 0.25) is 0 Å². The lowest BCUT2D eigenvalue weighted by Gasteiger charge is -2.33. The smallest absolute Gasteiger partial charge is 0.146 e. The third-order valence-corrected chi connectivity index (χ3v) is 4.90. The number of carbonyl (C=O) groups is 1. The number of benzene rings is 2. The van der Waals surface area contributed by atoms with Crippen molar-refractivity contribution in [2.45, 2.75) is 38.2 Å². The van der Waals surface area contributed by atoms with Gasteiger partial charge in [-0.05, 0) is 24.0 Å². The van der Waals surface area contributed by atoms with Gasteiger partial charge in [0.25, 0.3) is 0 Å². The molecule has 1 fully saturated rings. The monoisotopic (exact) mass is 294 g/mol. The highest BCUT2D eigenvalue weighted by atomic mass is 16.3. The Labute approximate surface area is 131 Å². The predicted molar refractivity (Wildman–Crippen MR) is 87.5 cm³/mol. The predicted octanol–water partition coefficient (Wildman–Crippen LogP) is 4.09. The summed E-state index contributed by atoms with van der Waals surface area (Å²) in [4.78, 5) is 13.0. The zero-order valence-corrected chi connectivity index (χ0v) is 12.7. The third kappa shape index (κ3) is 2.84. The molecule has 0 aromatic heterocycles. The maximum atomic E-state index is 13.0. The van der Waals surface area contributed by atoms with E-state index in [2.05, 4.69) is 0 Å². The van der Waals surface area contributed by atoms with Crippen LogP contribution in [0.2, 0.25) is 0 Å². The number of hydrogen-bond acceptors (Lipinski definition) is 2. The average Bonchev–Trinajstić information content (AvgIpc) is 3.07. The summed E-state index contributed by atoms with van der Waals surface area (Å²) < 4.78 is 0. The van der Waals surface area contributed by atoms with Gasteiger partial charge in [-0.3, -0.25) is 4.79 Å². The van der Waals surface area contributed by atoms with Crippen LogP contribution in [0.25, 0.3) is 0 Å². The maximum absolute atomic E-state index is 13.0. The van der Waals surface area contributed by atoms with Crippen LogP contribution in [0.4, 0.5) is 0 Å². The second kappa shape index (κ2) is 6.45. The Morgan fingerprint density at radius 2 is 1.50 bits per heavy atom. The zero-order chi connectivity index (χ0) is 15.4. The van der Waals surface area contributed by atoms with Gasteiger partial charge in [0.05, 0.1) is 11.5 Å². The van der Waals surface area contributed by atoms with Crippen molar-refractivity contribution < 1.29 is 9.90 Å². The highest BCUT2D eigenvalue weighted by molar-refractivity contribution is 5.88. The molecule has 0 bridgehead atoms. The van der Waals surface area contributed by atoms with E-state index in [9.17, 15) is 9.90 Å². The normalized spacial score (nSPS) is 18.0. The van der Waals surface area contributed by atoms with Crippen LogP contribution in [0.3, 0.4) is 0 Å². The van der Waals surface area contributed by atoms with E-state index in [1.807, 2.05) is 60.7 Å². The lowest BCUT2D eigenvalue weighted by atomic mass is 9.72. The summed E-state index contributed by atoms with van der Waals surface area (Å²) in [6, 6.07) is 19.4. The van der Waals surface area contributed by atoms with Crippen LogP contribution >= 0.6 is 0 Å². The van der Waals surface area contributed by atoms with Gasteiger partial charge in [0, 0.05) is 6.42 Å². The molecule has 3 rings (SSSR count). The molecule has 2 aromatic rings. The van der Waals surface area contributed by atoms with Crippen molar-refractivity contribution in [2.75, 3.05) is 0 Å². The minimum Gasteiger partial charge on any atom is -0.387 e. The molecule has 0 heterocycles. The van der Waals surface area contributed by atoms with Gasteiger partial charge in [-0.1, -0.05) is 73.5 Å². The van der Waals surface area contributed by atoms with Crippen molar-refractivity contribution >= 4 is 5.78 Å². The summed E-state index contributed by atoms with van der Waals surface area (Å²) in [7, 11) is 0. The Balaban J connectivity index is 1.86. The van der Waals surface area contributed by atoms with E-state index in [0.717, 1.165) is 36.8 Å². The fourth-order valence-corrected chi connectivity index (χ4v) is 3.62. The lowest BCUT2D eigenvalue weighted by Crippen LogP contribution is -2.36. The summed E-state index contributed by atoms with van der Waals surface area (Å²) in [6.45, 7) is 0. The van der Waals surface area contributed by atoms with Gasteiger partial charge < -0.3 is 5.11 Å². The van der Waals surface area contributed by atoms with E-state index in [1.165, 1.54) is 0 Å². The maximum Gasteiger partial charge on any atom is 0.146 e. The van der Waals surface area contributed by atoms with Gasteiger partial charge in [0.15, 0.2) is 0 Å². The van der Waals surface area contributed by atoms with Gasteiger partial charge >= 0.3 is 0 Å². The molecular formula is C20H22O2. The molecule has 2 heteroatoms. The van der Waals surface area contributed by atoms with Crippen LogP contribution < -0.4 is 0 Å². The Kier molecular flexibility index (Phi) is 4.39. The lowest BCUT2D eigenvalue weighted by molar-refractivity contribution is -0.135. The Morgan fingerprint density at radius 3 is 2.09 bits per heavy atom. The first kappa shape index (κ1) is 15.0. The number of rotatable bonds is 5. The molecule has 1 aliphatic rings. The first-order valence-corrected chi connectivity index (χ1v) is 8.03. The molecular weight excluding hydrogens is 272 g/mol. The van der Waals surface area contributed by atoms with Crippen molar-refractivity contribution in [3.8, 4) is 0 Å². The van der Waals surface area contributed by atoms with Crippen LogP contribution in [0.15, 0.2) is 60.7 Å². The molecule has 0 amide bonds. The second-order valence-corrected chi connectivity index (χ2v) is 6.26.